The van der Waals surface area contributed by atoms with E-state index < -0.39 is 5.97 Å². The highest BCUT2D eigenvalue weighted by molar-refractivity contribution is 9.11. The predicted octanol–water partition coefficient (Wildman–Crippen LogP) is 2.96. The molecule has 1 aromatic carbocycles. The van der Waals surface area contributed by atoms with Crippen molar-refractivity contribution in [2.75, 3.05) is 6.61 Å². The molecule has 0 saturated carbocycles. The maximum atomic E-state index is 10.2. The molecule has 6 heteroatoms. The minimum Gasteiger partial charge on any atom is -0.482 e. The summed E-state index contributed by atoms with van der Waals surface area (Å²) >= 11 is 10.7. The van der Waals surface area contributed by atoms with Crippen LogP contribution >= 0.6 is 44.5 Å². The summed E-state index contributed by atoms with van der Waals surface area (Å²) in [6, 6.07) is 3.33. The first-order chi connectivity index (χ1) is 6.50. The van der Waals surface area contributed by atoms with Gasteiger partial charge in [-0.3, -0.25) is 0 Å². The number of benzene rings is 1. The van der Waals surface area contributed by atoms with Crippen LogP contribution in [-0.2, 0) is 4.79 Å². The number of hydrogen-bond acceptors (Lipinski definition) is 3. The van der Waals surface area contributed by atoms with Gasteiger partial charge in [0.05, 0.1) is 0 Å². The van der Waals surface area contributed by atoms with E-state index in [4.69, 9.17) is 9.84 Å². The van der Waals surface area contributed by atoms with Gasteiger partial charge in [-0.05, 0) is 44.0 Å². The fourth-order valence-electron chi connectivity index (χ4n) is 0.771. The standard InChI is InChI=1S/C8H6Br2O3S/c9-5-1-4(13-3-7(11)12)2-6(10)8(5)14/h1-2,14H,3H2,(H,11,12). The molecule has 0 aliphatic carbocycles. The average Bonchev–Trinajstić information content (AvgIpc) is 2.10. The minimum atomic E-state index is -1.01. The van der Waals surface area contributed by atoms with Gasteiger partial charge in [0.15, 0.2) is 6.61 Å². The first-order valence-corrected chi connectivity index (χ1v) is 5.56. The Morgan fingerprint density at radius 3 is 2.36 bits per heavy atom. The van der Waals surface area contributed by atoms with Crippen LogP contribution in [-0.4, -0.2) is 17.7 Å². The van der Waals surface area contributed by atoms with Crippen LogP contribution in [0.5, 0.6) is 5.75 Å². The Kier molecular flexibility index (Phi) is 4.28. The van der Waals surface area contributed by atoms with Crippen molar-refractivity contribution in [2.24, 2.45) is 0 Å². The highest BCUT2D eigenvalue weighted by Crippen LogP contribution is 2.33. The Morgan fingerprint density at radius 2 is 1.93 bits per heavy atom. The summed E-state index contributed by atoms with van der Waals surface area (Å²) in [7, 11) is 0. The van der Waals surface area contributed by atoms with Gasteiger partial charge in [0.1, 0.15) is 5.75 Å². The van der Waals surface area contributed by atoms with Gasteiger partial charge in [-0.15, -0.1) is 12.6 Å². The summed E-state index contributed by atoms with van der Waals surface area (Å²) in [6.07, 6.45) is 0. The van der Waals surface area contributed by atoms with Crippen LogP contribution in [0.15, 0.2) is 26.0 Å². The van der Waals surface area contributed by atoms with E-state index in [0.29, 0.717) is 5.75 Å². The summed E-state index contributed by atoms with van der Waals surface area (Å²) in [5.74, 6) is -0.531. The van der Waals surface area contributed by atoms with Crippen molar-refractivity contribution >= 4 is 50.5 Å². The number of rotatable bonds is 3. The molecule has 0 aliphatic rings. The molecule has 0 atom stereocenters. The Labute approximate surface area is 103 Å². The maximum Gasteiger partial charge on any atom is 0.341 e. The second-order valence-electron chi connectivity index (χ2n) is 2.42. The summed E-state index contributed by atoms with van der Waals surface area (Å²) in [4.78, 5) is 11.0. The Hall–Kier alpha value is -0.200. The Balaban J connectivity index is 2.84. The van der Waals surface area contributed by atoms with Crippen LogP contribution in [0.1, 0.15) is 0 Å². The number of aliphatic carboxylic acids is 1. The zero-order chi connectivity index (χ0) is 10.7. The zero-order valence-electron chi connectivity index (χ0n) is 6.83. The molecule has 3 nitrogen and oxygen atoms in total. The molecule has 0 fully saturated rings. The first kappa shape index (κ1) is 11.9. The van der Waals surface area contributed by atoms with Gasteiger partial charge >= 0.3 is 5.97 Å². The first-order valence-electron chi connectivity index (χ1n) is 3.53. The predicted molar refractivity (Wildman–Crippen MR) is 62.2 cm³/mol. The van der Waals surface area contributed by atoms with Crippen molar-refractivity contribution in [2.45, 2.75) is 4.90 Å². The molecule has 0 saturated heterocycles. The molecular weight excluding hydrogens is 336 g/mol. The summed E-state index contributed by atoms with van der Waals surface area (Å²) in [6.45, 7) is -0.356. The third-order valence-corrected chi connectivity index (χ3v) is 3.70. The third kappa shape index (κ3) is 3.18. The van der Waals surface area contributed by atoms with E-state index in [2.05, 4.69) is 44.5 Å². The van der Waals surface area contributed by atoms with Crippen molar-refractivity contribution in [3.8, 4) is 5.75 Å². The van der Waals surface area contributed by atoms with E-state index in [0.717, 1.165) is 13.8 Å². The molecule has 0 heterocycles. The summed E-state index contributed by atoms with van der Waals surface area (Å²) in [5, 5.41) is 8.40. The highest BCUT2D eigenvalue weighted by Gasteiger charge is 2.06. The monoisotopic (exact) mass is 340 g/mol. The number of carbonyl (C=O) groups is 1. The number of hydrogen-bond donors (Lipinski definition) is 2. The molecule has 1 N–H and O–H groups in total. The second kappa shape index (κ2) is 5.04. The van der Waals surface area contributed by atoms with E-state index in [1.54, 1.807) is 12.1 Å². The second-order valence-corrected chi connectivity index (χ2v) is 4.57. The van der Waals surface area contributed by atoms with E-state index in [-0.39, 0.29) is 6.61 Å². The van der Waals surface area contributed by atoms with Crippen LogP contribution in [0.2, 0.25) is 0 Å². The van der Waals surface area contributed by atoms with Gasteiger partial charge in [-0.2, -0.15) is 0 Å². The molecule has 0 radical (unpaired) electrons. The lowest BCUT2D eigenvalue weighted by Gasteiger charge is -2.06. The fourth-order valence-corrected chi connectivity index (χ4v) is 2.04. The summed E-state index contributed by atoms with van der Waals surface area (Å²) < 4.78 is 6.48. The van der Waals surface area contributed by atoms with Crippen molar-refractivity contribution in [1.29, 1.82) is 0 Å². The number of carboxylic acids is 1. The van der Waals surface area contributed by atoms with Gasteiger partial charge in [-0.1, -0.05) is 0 Å². The fraction of sp³-hybridized carbons (Fsp3) is 0.125. The molecule has 0 aliphatic heterocycles. The average molecular weight is 342 g/mol. The van der Waals surface area contributed by atoms with E-state index >= 15 is 0 Å². The van der Waals surface area contributed by atoms with Crippen molar-refractivity contribution in [3.63, 3.8) is 0 Å². The van der Waals surface area contributed by atoms with Crippen molar-refractivity contribution in [3.05, 3.63) is 21.1 Å². The number of ether oxygens (including phenoxy) is 1. The van der Waals surface area contributed by atoms with Gasteiger partial charge < -0.3 is 9.84 Å². The summed E-state index contributed by atoms with van der Waals surface area (Å²) in [5.41, 5.74) is 0. The number of carboxylic acid groups (broad SMARTS) is 1. The lowest BCUT2D eigenvalue weighted by atomic mass is 10.3. The normalized spacial score (nSPS) is 9.93. The third-order valence-electron chi connectivity index (χ3n) is 1.35. The molecule has 14 heavy (non-hydrogen) atoms. The molecule has 0 aromatic heterocycles. The number of halogens is 2. The molecule has 0 amide bonds. The van der Waals surface area contributed by atoms with Gasteiger partial charge in [0.25, 0.3) is 0 Å². The molecule has 1 aromatic rings. The maximum absolute atomic E-state index is 10.2. The van der Waals surface area contributed by atoms with Crippen molar-refractivity contribution < 1.29 is 14.6 Å². The molecule has 0 bridgehead atoms. The van der Waals surface area contributed by atoms with Crippen molar-refractivity contribution in [1.82, 2.24) is 0 Å². The molecule has 1 rings (SSSR count). The Morgan fingerprint density at radius 1 is 1.43 bits per heavy atom. The van der Waals surface area contributed by atoms with Crippen LogP contribution in [0.4, 0.5) is 0 Å². The van der Waals surface area contributed by atoms with E-state index in [1.807, 2.05) is 0 Å². The largest absolute Gasteiger partial charge is 0.482 e. The van der Waals surface area contributed by atoms with Crippen LogP contribution < -0.4 is 4.74 Å². The van der Waals surface area contributed by atoms with Gasteiger partial charge in [0.2, 0.25) is 0 Å². The zero-order valence-corrected chi connectivity index (χ0v) is 10.9. The SMILES string of the molecule is O=C(O)COc1cc(Br)c(S)c(Br)c1. The van der Waals surface area contributed by atoms with Crippen LogP contribution in [0.25, 0.3) is 0 Å². The van der Waals surface area contributed by atoms with Crippen LogP contribution in [0.3, 0.4) is 0 Å². The molecular formula is C8H6Br2O3S. The smallest absolute Gasteiger partial charge is 0.341 e. The minimum absolute atomic E-state index is 0.356. The highest BCUT2D eigenvalue weighted by atomic mass is 79.9. The topological polar surface area (TPSA) is 46.5 Å². The molecule has 76 valence electrons. The van der Waals surface area contributed by atoms with E-state index in [1.165, 1.54) is 0 Å². The lowest BCUT2D eigenvalue weighted by molar-refractivity contribution is -0.139. The van der Waals surface area contributed by atoms with Gasteiger partial charge in [0, 0.05) is 13.8 Å². The quantitative estimate of drug-likeness (QED) is 0.831. The lowest BCUT2D eigenvalue weighted by Crippen LogP contribution is -2.09. The Bertz CT molecular complexity index is 345. The molecule has 0 unspecified atom stereocenters. The van der Waals surface area contributed by atoms with E-state index in [9.17, 15) is 4.79 Å². The number of thiol groups is 1. The molecule has 0 spiro atoms. The van der Waals surface area contributed by atoms with Gasteiger partial charge in [-0.25, -0.2) is 4.79 Å². The van der Waals surface area contributed by atoms with Crippen LogP contribution in [0, 0.1) is 0 Å².